The molecule has 168 valence electrons. The van der Waals surface area contributed by atoms with Gasteiger partial charge < -0.3 is 20.5 Å². The van der Waals surface area contributed by atoms with Crippen LogP contribution in [0.3, 0.4) is 0 Å². The predicted molar refractivity (Wildman–Crippen MR) is 125 cm³/mol. The van der Waals surface area contributed by atoms with Crippen molar-refractivity contribution in [1.29, 1.82) is 0 Å². The number of aromatic hydroxyl groups is 1. The number of hydrogen-bond donors (Lipinski definition) is 2. The standard InChI is InChI=1S/C20H21N5O2.C4H9N/c1-13-9-18(25-7-3-4-8-25)22-24-20(13)16-6-5-14(10-17(16)26)15-11-19(27-2)23-21-12-15;5-4-2-1-3-4/h5-6,9-12,26H,3-4,7-8H2,1-2H3;4H,1-3,5H2. The van der Waals surface area contributed by atoms with Gasteiger partial charge in [0, 0.05) is 36.3 Å². The molecule has 0 radical (unpaired) electrons. The topological polar surface area (TPSA) is 110 Å². The minimum Gasteiger partial charge on any atom is -0.507 e. The number of nitrogens with zero attached hydrogens (tertiary/aromatic N) is 5. The van der Waals surface area contributed by atoms with Crippen LogP contribution in [0.1, 0.15) is 37.7 Å². The number of ether oxygens (including phenoxy) is 1. The Bertz CT molecular complexity index is 1060. The largest absolute Gasteiger partial charge is 0.507 e. The zero-order chi connectivity index (χ0) is 22.5. The van der Waals surface area contributed by atoms with Crippen LogP contribution in [0.2, 0.25) is 0 Å². The molecule has 3 aromatic rings. The van der Waals surface area contributed by atoms with Crippen molar-refractivity contribution in [3.8, 4) is 34.0 Å². The molecule has 0 spiro atoms. The van der Waals surface area contributed by atoms with Gasteiger partial charge in [-0.1, -0.05) is 12.5 Å². The third-order valence-corrected chi connectivity index (χ3v) is 5.98. The maximum atomic E-state index is 10.6. The normalized spacial score (nSPS) is 15.7. The molecule has 0 amide bonds. The van der Waals surface area contributed by atoms with Crippen LogP contribution in [0, 0.1) is 6.92 Å². The molecule has 1 saturated carbocycles. The number of aryl methyl sites for hydroxylation is 1. The van der Waals surface area contributed by atoms with E-state index >= 15 is 0 Å². The number of benzene rings is 1. The summed E-state index contributed by atoms with van der Waals surface area (Å²) in [6.45, 7) is 4.04. The highest BCUT2D eigenvalue weighted by Gasteiger charge is 2.17. The van der Waals surface area contributed by atoms with E-state index in [1.54, 1.807) is 25.4 Å². The van der Waals surface area contributed by atoms with Crippen LogP contribution in [0.4, 0.5) is 5.82 Å². The lowest BCUT2D eigenvalue weighted by molar-refractivity contribution is 0.392. The summed E-state index contributed by atoms with van der Waals surface area (Å²) in [6, 6.07) is 9.84. The average Bonchev–Trinajstić information content (AvgIpc) is 3.33. The molecule has 1 aromatic carbocycles. The van der Waals surface area contributed by atoms with Crippen LogP contribution in [-0.2, 0) is 0 Å². The molecule has 8 nitrogen and oxygen atoms in total. The van der Waals surface area contributed by atoms with Gasteiger partial charge in [0.1, 0.15) is 5.75 Å². The SMILES string of the molecule is COc1cc(-c2ccc(-c3nnc(N4CCCC4)cc3C)c(O)c2)cnn1.NC1CCC1. The van der Waals surface area contributed by atoms with Gasteiger partial charge in [0.15, 0.2) is 5.82 Å². The molecule has 0 bridgehead atoms. The van der Waals surface area contributed by atoms with Gasteiger partial charge in [-0.2, -0.15) is 5.10 Å². The van der Waals surface area contributed by atoms with E-state index in [0.717, 1.165) is 35.6 Å². The van der Waals surface area contributed by atoms with E-state index in [-0.39, 0.29) is 5.75 Å². The third-order valence-electron chi connectivity index (χ3n) is 5.98. The number of nitrogens with two attached hydrogens (primary N) is 1. The van der Waals surface area contributed by atoms with Crippen LogP contribution < -0.4 is 15.4 Å². The molecule has 1 aliphatic carbocycles. The molecule has 3 N–H and O–H groups in total. The number of rotatable bonds is 4. The van der Waals surface area contributed by atoms with Crippen molar-refractivity contribution in [3.05, 3.63) is 42.1 Å². The number of phenolic OH excluding ortho intramolecular Hbond substituents is 1. The molecule has 2 fully saturated rings. The van der Waals surface area contributed by atoms with Gasteiger partial charge >= 0.3 is 0 Å². The van der Waals surface area contributed by atoms with Gasteiger partial charge in [-0.05, 0) is 61.9 Å². The Labute approximate surface area is 188 Å². The highest BCUT2D eigenvalue weighted by atomic mass is 16.5. The summed E-state index contributed by atoms with van der Waals surface area (Å²) < 4.78 is 5.11. The van der Waals surface area contributed by atoms with Crippen molar-refractivity contribution in [3.63, 3.8) is 0 Å². The van der Waals surface area contributed by atoms with Crippen LogP contribution in [0.15, 0.2) is 36.5 Å². The molecule has 1 aliphatic heterocycles. The molecule has 2 aliphatic rings. The summed E-state index contributed by atoms with van der Waals surface area (Å²) >= 11 is 0. The molecule has 32 heavy (non-hydrogen) atoms. The Morgan fingerprint density at radius 2 is 1.75 bits per heavy atom. The first-order valence-electron chi connectivity index (χ1n) is 11.1. The molecular weight excluding hydrogens is 404 g/mol. The quantitative estimate of drug-likeness (QED) is 0.639. The summed E-state index contributed by atoms with van der Waals surface area (Å²) in [6.07, 6.45) is 7.91. The molecule has 3 heterocycles. The van der Waals surface area contributed by atoms with E-state index in [1.165, 1.54) is 32.1 Å². The van der Waals surface area contributed by atoms with Gasteiger partial charge in [-0.3, -0.25) is 0 Å². The fourth-order valence-corrected chi connectivity index (χ4v) is 3.79. The number of methoxy groups -OCH3 is 1. The average molecular weight is 435 g/mol. The predicted octanol–water partition coefficient (Wildman–Crippen LogP) is 3.72. The molecule has 1 saturated heterocycles. The fourth-order valence-electron chi connectivity index (χ4n) is 3.79. The van der Waals surface area contributed by atoms with Gasteiger partial charge in [0.2, 0.25) is 5.88 Å². The maximum absolute atomic E-state index is 10.6. The Morgan fingerprint density at radius 1 is 1.00 bits per heavy atom. The summed E-state index contributed by atoms with van der Waals surface area (Å²) in [4.78, 5) is 2.25. The van der Waals surface area contributed by atoms with Crippen molar-refractivity contribution in [2.24, 2.45) is 5.73 Å². The Morgan fingerprint density at radius 3 is 2.34 bits per heavy atom. The lowest BCUT2D eigenvalue weighted by Crippen LogP contribution is -2.27. The van der Waals surface area contributed by atoms with Gasteiger partial charge in [-0.15, -0.1) is 15.3 Å². The molecule has 2 aromatic heterocycles. The summed E-state index contributed by atoms with van der Waals surface area (Å²) in [5, 5.41) is 27.1. The fraction of sp³-hybridized carbons (Fsp3) is 0.417. The van der Waals surface area contributed by atoms with E-state index in [2.05, 4.69) is 25.3 Å². The first-order chi connectivity index (χ1) is 15.5. The van der Waals surface area contributed by atoms with Crippen LogP contribution in [0.25, 0.3) is 22.4 Å². The minimum absolute atomic E-state index is 0.148. The zero-order valence-corrected chi connectivity index (χ0v) is 18.7. The lowest BCUT2D eigenvalue weighted by Gasteiger charge is -2.18. The monoisotopic (exact) mass is 434 g/mol. The second kappa shape index (κ2) is 9.91. The molecule has 5 rings (SSSR count). The second-order valence-corrected chi connectivity index (χ2v) is 8.34. The highest BCUT2D eigenvalue weighted by Crippen LogP contribution is 2.34. The van der Waals surface area contributed by atoms with Crippen molar-refractivity contribution < 1.29 is 9.84 Å². The van der Waals surface area contributed by atoms with Crippen molar-refractivity contribution in [1.82, 2.24) is 20.4 Å². The molecular formula is C24H30N6O2. The summed E-state index contributed by atoms with van der Waals surface area (Å²) in [5.41, 5.74) is 9.35. The van der Waals surface area contributed by atoms with Gasteiger partial charge in [-0.25, -0.2) is 0 Å². The molecule has 8 heteroatoms. The number of aromatic nitrogens is 4. The van der Waals surface area contributed by atoms with Crippen LogP contribution >= 0.6 is 0 Å². The first-order valence-corrected chi connectivity index (χ1v) is 11.1. The smallest absolute Gasteiger partial charge is 0.233 e. The van der Waals surface area contributed by atoms with Crippen LogP contribution in [-0.4, -0.2) is 51.7 Å². The van der Waals surface area contributed by atoms with Crippen molar-refractivity contribution >= 4 is 5.82 Å². The van der Waals surface area contributed by atoms with E-state index in [1.807, 2.05) is 25.1 Å². The van der Waals surface area contributed by atoms with E-state index in [4.69, 9.17) is 10.5 Å². The Kier molecular flexibility index (Phi) is 6.80. The summed E-state index contributed by atoms with van der Waals surface area (Å²) in [7, 11) is 1.54. The Hall–Kier alpha value is -3.26. The number of phenols is 1. The molecule has 0 atom stereocenters. The van der Waals surface area contributed by atoms with Gasteiger partial charge in [0.25, 0.3) is 0 Å². The van der Waals surface area contributed by atoms with E-state index < -0.39 is 0 Å². The number of hydrogen-bond acceptors (Lipinski definition) is 8. The Balaban J connectivity index is 0.000000433. The van der Waals surface area contributed by atoms with E-state index in [0.29, 0.717) is 23.2 Å². The zero-order valence-electron chi connectivity index (χ0n) is 18.7. The van der Waals surface area contributed by atoms with Crippen LogP contribution in [0.5, 0.6) is 11.6 Å². The maximum Gasteiger partial charge on any atom is 0.233 e. The van der Waals surface area contributed by atoms with E-state index in [9.17, 15) is 5.11 Å². The lowest BCUT2D eigenvalue weighted by atomic mass is 9.95. The molecule has 0 unspecified atom stereocenters. The minimum atomic E-state index is 0.148. The van der Waals surface area contributed by atoms with Crippen molar-refractivity contribution in [2.45, 2.75) is 45.1 Å². The highest BCUT2D eigenvalue weighted by molar-refractivity contribution is 5.75. The van der Waals surface area contributed by atoms with Gasteiger partial charge in [0.05, 0.1) is 19.0 Å². The number of anilines is 1. The third kappa shape index (κ3) is 4.96. The first kappa shape index (κ1) is 22.0. The van der Waals surface area contributed by atoms with Crippen molar-refractivity contribution in [2.75, 3.05) is 25.1 Å². The summed E-state index contributed by atoms with van der Waals surface area (Å²) in [5.74, 6) is 1.48. The second-order valence-electron chi connectivity index (χ2n) is 8.34.